The number of aliphatic hydroxyl groups is 4. The second kappa shape index (κ2) is 8.54. The van der Waals surface area contributed by atoms with Gasteiger partial charge in [0.15, 0.2) is 0 Å². The Bertz CT molecular complexity index is 1370. The van der Waals surface area contributed by atoms with E-state index in [1.54, 1.807) is 6.07 Å². The highest BCUT2D eigenvalue weighted by atomic mass is 16.7. The van der Waals surface area contributed by atoms with Crippen molar-refractivity contribution in [2.24, 2.45) is 0 Å². The fourth-order valence-corrected chi connectivity index (χ4v) is 3.87. The number of benzene rings is 2. The van der Waals surface area contributed by atoms with Gasteiger partial charge in [0.2, 0.25) is 11.7 Å². The van der Waals surface area contributed by atoms with Crippen LogP contribution < -0.4 is 10.2 Å². The molecule has 5 atom stereocenters. The summed E-state index contributed by atoms with van der Waals surface area (Å²) < 4.78 is 16.6. The van der Waals surface area contributed by atoms with Crippen molar-refractivity contribution in [1.82, 2.24) is 4.98 Å². The molecule has 3 heterocycles. The Hall–Kier alpha value is -3.34. The lowest BCUT2D eigenvalue weighted by atomic mass is 9.99. The van der Waals surface area contributed by atoms with E-state index < -0.39 is 37.3 Å². The van der Waals surface area contributed by atoms with Crippen molar-refractivity contribution in [3.63, 3.8) is 0 Å². The topological polar surface area (TPSA) is 142 Å². The smallest absolute Gasteiger partial charge is 0.229 e. The highest BCUT2D eigenvalue weighted by Crippen LogP contribution is 2.27. The molecule has 1 aliphatic heterocycles. The summed E-state index contributed by atoms with van der Waals surface area (Å²) in [7, 11) is 0. The van der Waals surface area contributed by atoms with Crippen LogP contribution in [0.2, 0.25) is 0 Å². The van der Waals surface area contributed by atoms with Gasteiger partial charge in [-0.1, -0.05) is 24.3 Å². The van der Waals surface area contributed by atoms with Crippen LogP contribution in [-0.2, 0) is 4.74 Å². The van der Waals surface area contributed by atoms with Gasteiger partial charge in [-0.15, -0.1) is 0 Å². The van der Waals surface area contributed by atoms with E-state index in [2.05, 4.69) is 4.98 Å². The van der Waals surface area contributed by atoms with Gasteiger partial charge >= 0.3 is 0 Å². The van der Waals surface area contributed by atoms with Crippen LogP contribution in [0.25, 0.3) is 33.1 Å². The Morgan fingerprint density at radius 1 is 0.970 bits per heavy atom. The molecule has 9 heteroatoms. The summed E-state index contributed by atoms with van der Waals surface area (Å²) in [5, 5.41) is 40.5. The summed E-state index contributed by atoms with van der Waals surface area (Å²) in [6.45, 7) is -0.566. The normalized spacial score (nSPS) is 25.4. The molecule has 1 saturated heterocycles. The molecule has 1 aliphatic rings. The summed E-state index contributed by atoms with van der Waals surface area (Å²) >= 11 is 0. The van der Waals surface area contributed by atoms with Crippen LogP contribution >= 0.6 is 0 Å². The molecule has 4 aromatic rings. The summed E-state index contributed by atoms with van der Waals surface area (Å²) in [4.78, 5) is 17.6. The molecule has 0 saturated carbocycles. The van der Waals surface area contributed by atoms with Crippen molar-refractivity contribution in [3.8, 4) is 17.0 Å². The molecule has 2 aromatic heterocycles. The van der Waals surface area contributed by atoms with Crippen LogP contribution in [0.5, 0.6) is 5.75 Å². The van der Waals surface area contributed by atoms with E-state index in [4.69, 9.17) is 13.9 Å². The molecule has 0 radical (unpaired) electrons. The molecular formula is C24H21NO8. The third-order valence-corrected chi connectivity index (χ3v) is 5.72. The Morgan fingerprint density at radius 3 is 2.61 bits per heavy atom. The van der Waals surface area contributed by atoms with Crippen LogP contribution in [0.4, 0.5) is 0 Å². The van der Waals surface area contributed by atoms with Gasteiger partial charge in [0, 0.05) is 11.5 Å². The zero-order valence-corrected chi connectivity index (χ0v) is 17.2. The predicted molar refractivity (Wildman–Crippen MR) is 118 cm³/mol. The standard InChI is InChI=1S/C24H21NO8/c26-10-19-21(28)22(29)23(30)24(33-19)32-13-6-7-14-18(9-13)31-11-15(20(14)27)17-8-5-12-3-1-2-4-16(12)25-17/h1-9,11,19,21-24,26,28-30H,10H2/t19-,21-,22-,23-,24+/m1/s1. The van der Waals surface area contributed by atoms with E-state index in [1.807, 2.05) is 30.3 Å². The highest BCUT2D eigenvalue weighted by molar-refractivity contribution is 5.85. The van der Waals surface area contributed by atoms with Gasteiger partial charge in [0.25, 0.3) is 0 Å². The van der Waals surface area contributed by atoms with Gasteiger partial charge in [-0.05, 0) is 24.3 Å². The second-order valence-electron chi connectivity index (χ2n) is 7.84. The highest BCUT2D eigenvalue weighted by Gasteiger charge is 2.44. The van der Waals surface area contributed by atoms with Crippen LogP contribution in [0.15, 0.2) is 70.1 Å². The molecule has 5 rings (SSSR count). The number of pyridine rings is 1. The van der Waals surface area contributed by atoms with Crippen molar-refractivity contribution in [2.45, 2.75) is 30.7 Å². The molecule has 2 aromatic carbocycles. The fourth-order valence-electron chi connectivity index (χ4n) is 3.87. The van der Waals surface area contributed by atoms with E-state index in [1.165, 1.54) is 24.5 Å². The third-order valence-electron chi connectivity index (χ3n) is 5.72. The summed E-state index contributed by atoms with van der Waals surface area (Å²) in [5.74, 6) is 0.201. The first-order valence-electron chi connectivity index (χ1n) is 10.3. The van der Waals surface area contributed by atoms with Crippen LogP contribution in [0.3, 0.4) is 0 Å². The van der Waals surface area contributed by atoms with Gasteiger partial charge in [0.05, 0.1) is 28.8 Å². The number of aromatic nitrogens is 1. The van der Waals surface area contributed by atoms with E-state index in [0.29, 0.717) is 16.6 Å². The first kappa shape index (κ1) is 21.5. The van der Waals surface area contributed by atoms with Crippen LogP contribution in [-0.4, -0.2) is 62.7 Å². The van der Waals surface area contributed by atoms with Crippen LogP contribution in [0, 0.1) is 0 Å². The molecule has 4 N–H and O–H groups in total. The predicted octanol–water partition coefficient (Wildman–Crippen LogP) is 1.19. The van der Waals surface area contributed by atoms with Gasteiger partial charge in [-0.3, -0.25) is 4.79 Å². The van der Waals surface area contributed by atoms with Crippen molar-refractivity contribution >= 4 is 21.9 Å². The van der Waals surface area contributed by atoms with Crippen molar-refractivity contribution < 1.29 is 34.3 Å². The SMILES string of the molecule is O=c1c(-c2ccc3ccccc3n2)coc2cc(O[C@H]3O[C@H](CO)[C@@H](O)[C@@H](O)[C@H]3O)ccc12. The van der Waals surface area contributed by atoms with Crippen molar-refractivity contribution in [3.05, 3.63) is 71.1 Å². The minimum atomic E-state index is -1.56. The van der Waals surface area contributed by atoms with Gasteiger partial charge in [-0.25, -0.2) is 4.98 Å². The molecule has 170 valence electrons. The zero-order valence-electron chi connectivity index (χ0n) is 17.2. The quantitative estimate of drug-likeness (QED) is 0.360. The van der Waals surface area contributed by atoms with E-state index >= 15 is 0 Å². The number of fused-ring (bicyclic) bond motifs is 2. The van der Waals surface area contributed by atoms with Gasteiger partial charge in [0.1, 0.15) is 42.0 Å². The zero-order chi connectivity index (χ0) is 23.1. The van der Waals surface area contributed by atoms with E-state index in [-0.39, 0.29) is 16.8 Å². The van der Waals surface area contributed by atoms with Crippen molar-refractivity contribution in [1.29, 1.82) is 0 Å². The molecule has 0 aliphatic carbocycles. The number of rotatable bonds is 4. The van der Waals surface area contributed by atoms with E-state index in [0.717, 1.165) is 10.9 Å². The number of hydrogen-bond donors (Lipinski definition) is 4. The minimum Gasteiger partial charge on any atom is -0.463 e. The Morgan fingerprint density at radius 2 is 1.79 bits per heavy atom. The Kier molecular flexibility index (Phi) is 5.57. The van der Waals surface area contributed by atoms with E-state index in [9.17, 15) is 25.2 Å². The number of nitrogens with zero attached hydrogens (tertiary/aromatic N) is 1. The molecule has 1 fully saturated rings. The molecule has 0 amide bonds. The molecular weight excluding hydrogens is 430 g/mol. The summed E-state index contributed by atoms with van der Waals surface area (Å²) in [5.41, 5.74) is 1.55. The number of ether oxygens (including phenoxy) is 2. The molecule has 33 heavy (non-hydrogen) atoms. The first-order chi connectivity index (χ1) is 16.0. The average molecular weight is 451 g/mol. The largest absolute Gasteiger partial charge is 0.463 e. The lowest BCUT2D eigenvalue weighted by molar-refractivity contribution is -0.277. The number of hydrogen-bond acceptors (Lipinski definition) is 9. The summed E-state index contributed by atoms with van der Waals surface area (Å²) in [6.07, 6.45) is -5.70. The maximum absolute atomic E-state index is 13.1. The fraction of sp³-hybridized carbons (Fsp3) is 0.250. The first-order valence-corrected chi connectivity index (χ1v) is 10.3. The summed E-state index contributed by atoms with van der Waals surface area (Å²) in [6, 6.07) is 15.7. The van der Waals surface area contributed by atoms with Crippen LogP contribution in [0.1, 0.15) is 0 Å². The maximum atomic E-state index is 13.1. The molecule has 9 nitrogen and oxygen atoms in total. The molecule has 0 bridgehead atoms. The molecule has 0 unspecified atom stereocenters. The second-order valence-corrected chi connectivity index (χ2v) is 7.84. The van der Waals surface area contributed by atoms with Gasteiger partial charge < -0.3 is 34.3 Å². The number of para-hydroxylation sites is 1. The minimum absolute atomic E-state index is 0.201. The Balaban J connectivity index is 1.45. The molecule has 0 spiro atoms. The Labute approximate surface area is 187 Å². The lowest BCUT2D eigenvalue weighted by Gasteiger charge is -2.39. The number of aliphatic hydroxyl groups excluding tert-OH is 4. The monoisotopic (exact) mass is 451 g/mol. The lowest BCUT2D eigenvalue weighted by Crippen LogP contribution is -2.60. The third kappa shape index (κ3) is 3.86. The average Bonchev–Trinajstić information content (AvgIpc) is 2.84. The van der Waals surface area contributed by atoms with Crippen molar-refractivity contribution in [2.75, 3.05) is 6.61 Å². The maximum Gasteiger partial charge on any atom is 0.229 e. The van der Waals surface area contributed by atoms with Gasteiger partial charge in [-0.2, -0.15) is 0 Å².